The Balaban J connectivity index is 1.64. The van der Waals surface area contributed by atoms with E-state index in [1.807, 2.05) is 25.3 Å². The third kappa shape index (κ3) is 4.83. The molecule has 150 valence electrons. The standard InChI is InChI=1S/C20H21ClN6O2/c1-12(23-19(28)17-9-18(25-24-17)20(2,3)29)11-27-7-6-16(26-27)13-4-5-14(10-22)15(21)8-13/h4-9,12,29H,11H2,1-3H3,(H,23,28)(H,24,25)/t12-/m0/s1. The Kier molecular flexibility index (Phi) is 5.73. The van der Waals surface area contributed by atoms with Crippen molar-refractivity contribution in [3.63, 3.8) is 0 Å². The fourth-order valence-corrected chi connectivity index (χ4v) is 2.98. The van der Waals surface area contributed by atoms with Crippen LogP contribution in [0.15, 0.2) is 36.5 Å². The lowest BCUT2D eigenvalue weighted by molar-refractivity contribution is 0.0738. The maximum Gasteiger partial charge on any atom is 0.272 e. The number of aromatic amines is 1. The highest BCUT2D eigenvalue weighted by molar-refractivity contribution is 6.32. The van der Waals surface area contributed by atoms with Gasteiger partial charge in [0.15, 0.2) is 0 Å². The first kappa shape index (κ1) is 20.6. The quantitative estimate of drug-likeness (QED) is 0.575. The summed E-state index contributed by atoms with van der Waals surface area (Å²) < 4.78 is 1.72. The highest BCUT2D eigenvalue weighted by Crippen LogP contribution is 2.24. The molecule has 0 aliphatic heterocycles. The second kappa shape index (κ2) is 8.07. The van der Waals surface area contributed by atoms with E-state index in [0.717, 1.165) is 11.3 Å². The second-order valence-corrected chi connectivity index (χ2v) is 7.74. The summed E-state index contributed by atoms with van der Waals surface area (Å²) in [5.41, 5.74) is 1.52. The van der Waals surface area contributed by atoms with Crippen molar-refractivity contribution in [2.75, 3.05) is 0 Å². The molecule has 2 heterocycles. The van der Waals surface area contributed by atoms with Crippen molar-refractivity contribution in [1.29, 1.82) is 5.26 Å². The number of nitrogens with zero attached hydrogens (tertiary/aromatic N) is 4. The number of hydrogen-bond acceptors (Lipinski definition) is 5. The van der Waals surface area contributed by atoms with Crippen molar-refractivity contribution in [2.45, 2.75) is 39.0 Å². The van der Waals surface area contributed by atoms with Gasteiger partial charge in [0.05, 0.1) is 28.5 Å². The minimum Gasteiger partial charge on any atom is -0.384 e. The highest BCUT2D eigenvalue weighted by Gasteiger charge is 2.21. The lowest BCUT2D eigenvalue weighted by Crippen LogP contribution is -2.36. The van der Waals surface area contributed by atoms with Crippen LogP contribution in [-0.2, 0) is 12.1 Å². The fourth-order valence-electron chi connectivity index (χ4n) is 2.76. The van der Waals surface area contributed by atoms with Crippen molar-refractivity contribution in [3.05, 3.63) is 58.5 Å². The SMILES string of the molecule is C[C@@H](Cn1ccc(-c2ccc(C#N)c(Cl)c2)n1)NC(=O)c1cc(C(C)(C)O)[nH]n1. The number of nitrogens with one attached hydrogen (secondary N) is 2. The average molecular weight is 413 g/mol. The molecule has 0 bridgehead atoms. The molecule has 0 radical (unpaired) electrons. The van der Waals surface area contributed by atoms with Crippen LogP contribution in [0.25, 0.3) is 11.3 Å². The van der Waals surface area contributed by atoms with E-state index in [0.29, 0.717) is 22.8 Å². The number of halogens is 1. The number of carbonyl (C=O) groups excluding carboxylic acids is 1. The molecule has 0 unspecified atom stereocenters. The van der Waals surface area contributed by atoms with Gasteiger partial charge in [0, 0.05) is 17.8 Å². The summed E-state index contributed by atoms with van der Waals surface area (Å²) in [5.74, 6) is -0.337. The molecule has 0 fully saturated rings. The molecule has 0 aliphatic carbocycles. The van der Waals surface area contributed by atoms with Gasteiger partial charge in [0.2, 0.25) is 0 Å². The normalized spacial score (nSPS) is 12.4. The Morgan fingerprint density at radius 2 is 2.17 bits per heavy atom. The summed E-state index contributed by atoms with van der Waals surface area (Å²) in [7, 11) is 0. The lowest BCUT2D eigenvalue weighted by atomic mass is 10.1. The van der Waals surface area contributed by atoms with Gasteiger partial charge < -0.3 is 10.4 Å². The number of benzene rings is 1. The van der Waals surface area contributed by atoms with Gasteiger partial charge >= 0.3 is 0 Å². The number of carbonyl (C=O) groups is 1. The predicted octanol–water partition coefficient (Wildman–Crippen LogP) is 2.84. The van der Waals surface area contributed by atoms with Gasteiger partial charge in [0.25, 0.3) is 5.91 Å². The molecular formula is C20H21ClN6O2. The molecule has 0 aliphatic rings. The number of hydrogen-bond donors (Lipinski definition) is 3. The molecule has 0 saturated heterocycles. The monoisotopic (exact) mass is 412 g/mol. The van der Waals surface area contributed by atoms with Crippen LogP contribution in [0.2, 0.25) is 5.02 Å². The molecule has 3 N–H and O–H groups in total. The van der Waals surface area contributed by atoms with Gasteiger partial charge in [-0.2, -0.15) is 15.5 Å². The number of nitriles is 1. The molecule has 3 rings (SSSR count). The van der Waals surface area contributed by atoms with Gasteiger partial charge in [0.1, 0.15) is 17.4 Å². The first-order valence-corrected chi connectivity index (χ1v) is 9.38. The third-order valence-corrected chi connectivity index (χ3v) is 4.65. The molecule has 3 aromatic rings. The first-order valence-electron chi connectivity index (χ1n) is 9.00. The molecule has 1 amide bonds. The lowest BCUT2D eigenvalue weighted by Gasteiger charge is -2.14. The molecule has 8 nitrogen and oxygen atoms in total. The van der Waals surface area contributed by atoms with Crippen LogP contribution in [0, 0.1) is 11.3 Å². The van der Waals surface area contributed by atoms with E-state index in [9.17, 15) is 9.90 Å². The Morgan fingerprint density at radius 1 is 1.41 bits per heavy atom. The molecule has 1 aromatic carbocycles. The first-order chi connectivity index (χ1) is 13.7. The molecule has 29 heavy (non-hydrogen) atoms. The summed E-state index contributed by atoms with van der Waals surface area (Å²) in [5, 5.41) is 33.3. The summed E-state index contributed by atoms with van der Waals surface area (Å²) in [6, 6.07) is 10.3. The van der Waals surface area contributed by atoms with Gasteiger partial charge in [-0.25, -0.2) is 0 Å². The van der Waals surface area contributed by atoms with Gasteiger partial charge in [-0.05, 0) is 45.0 Å². The van der Waals surface area contributed by atoms with E-state index in [1.54, 1.807) is 36.7 Å². The molecular weight excluding hydrogens is 392 g/mol. The van der Waals surface area contributed by atoms with Crippen LogP contribution >= 0.6 is 11.6 Å². The Morgan fingerprint density at radius 3 is 2.79 bits per heavy atom. The van der Waals surface area contributed by atoms with Crippen molar-refractivity contribution in [1.82, 2.24) is 25.3 Å². The van der Waals surface area contributed by atoms with Crippen molar-refractivity contribution < 1.29 is 9.90 Å². The minimum atomic E-state index is -1.10. The number of amides is 1. The predicted molar refractivity (Wildman–Crippen MR) is 108 cm³/mol. The van der Waals surface area contributed by atoms with E-state index in [1.165, 1.54) is 6.07 Å². The zero-order valence-corrected chi connectivity index (χ0v) is 17.0. The number of rotatable bonds is 6. The minimum absolute atomic E-state index is 0.206. The maximum atomic E-state index is 12.4. The summed E-state index contributed by atoms with van der Waals surface area (Å²) in [4.78, 5) is 12.4. The summed E-state index contributed by atoms with van der Waals surface area (Å²) in [6.07, 6.45) is 1.81. The van der Waals surface area contributed by atoms with E-state index in [4.69, 9.17) is 16.9 Å². The highest BCUT2D eigenvalue weighted by atomic mass is 35.5. The Hall–Kier alpha value is -3.15. The van der Waals surface area contributed by atoms with Crippen LogP contribution < -0.4 is 5.32 Å². The average Bonchev–Trinajstić information content (AvgIpc) is 3.31. The van der Waals surface area contributed by atoms with Crippen LogP contribution in [-0.4, -0.2) is 37.0 Å². The van der Waals surface area contributed by atoms with Crippen molar-refractivity contribution in [3.8, 4) is 17.3 Å². The third-order valence-electron chi connectivity index (χ3n) is 4.33. The van der Waals surface area contributed by atoms with E-state index in [-0.39, 0.29) is 17.6 Å². The van der Waals surface area contributed by atoms with Crippen molar-refractivity contribution in [2.24, 2.45) is 0 Å². The smallest absolute Gasteiger partial charge is 0.272 e. The molecule has 1 atom stereocenters. The van der Waals surface area contributed by atoms with E-state index < -0.39 is 5.60 Å². The van der Waals surface area contributed by atoms with Gasteiger partial charge in [-0.1, -0.05) is 17.7 Å². The fraction of sp³-hybridized carbons (Fsp3) is 0.300. The van der Waals surface area contributed by atoms with E-state index in [2.05, 4.69) is 20.6 Å². The van der Waals surface area contributed by atoms with Gasteiger partial charge in [-0.15, -0.1) is 0 Å². The zero-order chi connectivity index (χ0) is 21.2. The molecule has 9 heteroatoms. The van der Waals surface area contributed by atoms with E-state index >= 15 is 0 Å². The van der Waals surface area contributed by atoms with Crippen LogP contribution in [0.5, 0.6) is 0 Å². The Labute approximate surface area is 173 Å². The van der Waals surface area contributed by atoms with Gasteiger partial charge in [-0.3, -0.25) is 14.6 Å². The summed E-state index contributed by atoms with van der Waals surface area (Å²) in [6.45, 7) is 5.54. The summed E-state index contributed by atoms with van der Waals surface area (Å²) >= 11 is 6.09. The number of H-pyrrole nitrogens is 1. The molecule has 0 saturated carbocycles. The largest absolute Gasteiger partial charge is 0.384 e. The molecule has 0 spiro atoms. The van der Waals surface area contributed by atoms with Crippen LogP contribution in [0.1, 0.15) is 42.5 Å². The zero-order valence-electron chi connectivity index (χ0n) is 16.3. The molecule has 2 aromatic heterocycles. The number of aliphatic hydroxyl groups is 1. The number of aromatic nitrogens is 4. The van der Waals surface area contributed by atoms with Crippen molar-refractivity contribution >= 4 is 17.5 Å². The van der Waals surface area contributed by atoms with Crippen LogP contribution in [0.3, 0.4) is 0 Å². The Bertz CT molecular complexity index is 1070. The second-order valence-electron chi connectivity index (χ2n) is 7.33. The topological polar surface area (TPSA) is 120 Å². The maximum absolute atomic E-state index is 12.4. The van der Waals surface area contributed by atoms with Crippen LogP contribution in [0.4, 0.5) is 0 Å².